The quantitative estimate of drug-likeness (QED) is 0.839. The van der Waals surface area contributed by atoms with E-state index in [1.54, 1.807) is 16.7 Å². The monoisotopic (exact) mass is 378 g/mol. The number of carbonyl (C=O) groups excluding carboxylic acids is 2. The van der Waals surface area contributed by atoms with Crippen LogP contribution in [0.4, 0.5) is 21.9 Å². The zero-order valence-electron chi connectivity index (χ0n) is 16.4. The van der Waals surface area contributed by atoms with Gasteiger partial charge in [-0.2, -0.15) is 0 Å². The fourth-order valence-corrected chi connectivity index (χ4v) is 3.98. The second-order valence-electron chi connectivity index (χ2n) is 7.37. The molecule has 146 valence electrons. The first-order valence-electron chi connectivity index (χ1n) is 9.91. The minimum atomic E-state index is -0.445. The summed E-state index contributed by atoms with van der Waals surface area (Å²) in [5.41, 5.74) is 5.38. The zero-order valence-corrected chi connectivity index (χ0v) is 16.4. The molecule has 2 aliphatic heterocycles. The van der Waals surface area contributed by atoms with Crippen molar-refractivity contribution in [3.63, 3.8) is 0 Å². The van der Waals surface area contributed by atoms with Crippen LogP contribution in [0.2, 0.25) is 0 Å². The predicted octanol–water partition coefficient (Wildman–Crippen LogP) is 3.61. The Kier molecular flexibility index (Phi) is 4.94. The largest absolute Gasteiger partial charge is 0.355 e. The SMILES string of the molecule is CCN1CCN(C(=O)Nc2ccc3c(c2)Nc2ccccc2CC3)[C@H](C)C1=O. The Morgan fingerprint density at radius 2 is 1.86 bits per heavy atom. The second kappa shape index (κ2) is 7.54. The van der Waals surface area contributed by atoms with E-state index >= 15 is 0 Å². The number of amides is 3. The van der Waals surface area contributed by atoms with E-state index in [0.29, 0.717) is 19.6 Å². The molecule has 0 unspecified atom stereocenters. The van der Waals surface area contributed by atoms with Crippen LogP contribution in [0, 0.1) is 0 Å². The molecule has 1 fully saturated rings. The average Bonchev–Trinajstić information content (AvgIpc) is 2.88. The van der Waals surface area contributed by atoms with Gasteiger partial charge in [-0.25, -0.2) is 4.79 Å². The van der Waals surface area contributed by atoms with E-state index in [0.717, 1.165) is 29.9 Å². The van der Waals surface area contributed by atoms with E-state index in [2.05, 4.69) is 34.9 Å². The van der Waals surface area contributed by atoms with Gasteiger partial charge in [0.2, 0.25) is 5.91 Å². The number of hydrogen-bond acceptors (Lipinski definition) is 3. The van der Waals surface area contributed by atoms with Crippen molar-refractivity contribution < 1.29 is 9.59 Å². The van der Waals surface area contributed by atoms with Gasteiger partial charge >= 0.3 is 6.03 Å². The highest BCUT2D eigenvalue weighted by atomic mass is 16.2. The molecule has 4 rings (SSSR count). The number of carbonyl (C=O) groups is 2. The third-order valence-electron chi connectivity index (χ3n) is 5.70. The molecule has 0 bridgehead atoms. The molecular formula is C22H26N4O2. The lowest BCUT2D eigenvalue weighted by molar-refractivity contribution is -0.138. The molecule has 6 heteroatoms. The van der Waals surface area contributed by atoms with Crippen molar-refractivity contribution in [2.24, 2.45) is 0 Å². The van der Waals surface area contributed by atoms with Gasteiger partial charge in [-0.3, -0.25) is 4.79 Å². The molecule has 1 atom stereocenters. The van der Waals surface area contributed by atoms with Gasteiger partial charge in [0.25, 0.3) is 0 Å². The molecule has 0 spiro atoms. The Hall–Kier alpha value is -3.02. The van der Waals surface area contributed by atoms with Crippen LogP contribution in [0.25, 0.3) is 0 Å². The van der Waals surface area contributed by atoms with Crippen molar-refractivity contribution in [2.75, 3.05) is 30.3 Å². The van der Waals surface area contributed by atoms with E-state index in [1.807, 2.05) is 25.1 Å². The third kappa shape index (κ3) is 3.42. The van der Waals surface area contributed by atoms with Crippen molar-refractivity contribution in [2.45, 2.75) is 32.7 Å². The number of rotatable bonds is 2. The Bertz CT molecular complexity index is 911. The van der Waals surface area contributed by atoms with Gasteiger partial charge in [-0.1, -0.05) is 24.3 Å². The number of likely N-dealkylation sites (N-methyl/N-ethyl adjacent to an activating group) is 1. The minimum Gasteiger partial charge on any atom is -0.355 e. The molecule has 0 aromatic heterocycles. The van der Waals surface area contributed by atoms with Crippen LogP contribution >= 0.6 is 0 Å². The molecule has 2 aromatic carbocycles. The van der Waals surface area contributed by atoms with E-state index < -0.39 is 6.04 Å². The first-order valence-corrected chi connectivity index (χ1v) is 9.91. The second-order valence-corrected chi connectivity index (χ2v) is 7.37. The van der Waals surface area contributed by atoms with Crippen LogP contribution in [-0.2, 0) is 17.6 Å². The number of piperazine rings is 1. The van der Waals surface area contributed by atoms with Crippen LogP contribution in [-0.4, -0.2) is 47.4 Å². The maximum atomic E-state index is 12.8. The summed E-state index contributed by atoms with van der Waals surface area (Å²) in [7, 11) is 0. The molecule has 0 saturated carbocycles. The van der Waals surface area contributed by atoms with Crippen LogP contribution < -0.4 is 10.6 Å². The molecule has 2 heterocycles. The van der Waals surface area contributed by atoms with E-state index in [9.17, 15) is 9.59 Å². The van der Waals surface area contributed by atoms with Crippen molar-refractivity contribution in [1.82, 2.24) is 9.80 Å². The number of urea groups is 1. The lowest BCUT2D eigenvalue weighted by Gasteiger charge is -2.38. The lowest BCUT2D eigenvalue weighted by Crippen LogP contribution is -2.58. The van der Waals surface area contributed by atoms with Gasteiger partial charge in [-0.05, 0) is 56.0 Å². The summed E-state index contributed by atoms with van der Waals surface area (Å²) in [6, 6.07) is 13.6. The van der Waals surface area contributed by atoms with Crippen molar-refractivity contribution in [1.29, 1.82) is 0 Å². The minimum absolute atomic E-state index is 0.00380. The van der Waals surface area contributed by atoms with Crippen molar-refractivity contribution in [3.05, 3.63) is 53.6 Å². The highest BCUT2D eigenvalue weighted by molar-refractivity contribution is 5.95. The summed E-state index contributed by atoms with van der Waals surface area (Å²) in [4.78, 5) is 28.5. The Morgan fingerprint density at radius 3 is 2.64 bits per heavy atom. The maximum absolute atomic E-state index is 12.8. The van der Waals surface area contributed by atoms with Crippen molar-refractivity contribution >= 4 is 29.0 Å². The van der Waals surface area contributed by atoms with Gasteiger partial charge < -0.3 is 20.4 Å². The third-order valence-corrected chi connectivity index (χ3v) is 5.70. The van der Waals surface area contributed by atoms with Gasteiger partial charge in [0.1, 0.15) is 6.04 Å². The standard InChI is InChI=1S/C22H26N4O2/c1-3-25-12-13-26(15(2)21(25)27)22(28)23-18-11-10-17-9-8-16-6-4-5-7-19(16)24-20(17)14-18/h4-7,10-11,14-15,24H,3,8-9,12-13H2,1-2H3,(H,23,28)/t15-/m1/s1. The zero-order chi connectivity index (χ0) is 19.7. The van der Waals surface area contributed by atoms with Crippen LogP contribution in [0.15, 0.2) is 42.5 Å². The Morgan fingerprint density at radius 1 is 1.11 bits per heavy atom. The van der Waals surface area contributed by atoms with Gasteiger partial charge in [0, 0.05) is 36.7 Å². The topological polar surface area (TPSA) is 64.7 Å². The fraction of sp³-hybridized carbons (Fsp3) is 0.364. The summed E-state index contributed by atoms with van der Waals surface area (Å²) in [6.07, 6.45) is 1.95. The molecular weight excluding hydrogens is 352 g/mol. The molecule has 28 heavy (non-hydrogen) atoms. The van der Waals surface area contributed by atoms with E-state index in [1.165, 1.54) is 11.1 Å². The first kappa shape index (κ1) is 18.3. The summed E-state index contributed by atoms with van der Waals surface area (Å²) < 4.78 is 0. The Labute approximate surface area is 165 Å². The maximum Gasteiger partial charge on any atom is 0.322 e. The average molecular weight is 378 g/mol. The van der Waals surface area contributed by atoms with Crippen LogP contribution in [0.5, 0.6) is 0 Å². The molecule has 2 aliphatic rings. The fourth-order valence-electron chi connectivity index (χ4n) is 3.98. The number of nitrogens with zero attached hydrogens (tertiary/aromatic N) is 2. The molecule has 2 N–H and O–H groups in total. The van der Waals surface area contributed by atoms with Crippen molar-refractivity contribution in [3.8, 4) is 0 Å². The van der Waals surface area contributed by atoms with Gasteiger partial charge in [-0.15, -0.1) is 0 Å². The van der Waals surface area contributed by atoms with E-state index in [-0.39, 0.29) is 11.9 Å². The summed E-state index contributed by atoms with van der Waals surface area (Å²) in [5.74, 6) is 0.00380. The number of hydrogen-bond donors (Lipinski definition) is 2. The molecule has 1 saturated heterocycles. The Balaban J connectivity index is 1.50. The molecule has 3 amide bonds. The summed E-state index contributed by atoms with van der Waals surface area (Å²) in [6.45, 7) is 5.55. The number of nitrogens with one attached hydrogen (secondary N) is 2. The lowest BCUT2D eigenvalue weighted by atomic mass is 10.0. The molecule has 6 nitrogen and oxygen atoms in total. The van der Waals surface area contributed by atoms with Gasteiger partial charge in [0.15, 0.2) is 0 Å². The van der Waals surface area contributed by atoms with Crippen LogP contribution in [0.1, 0.15) is 25.0 Å². The summed E-state index contributed by atoms with van der Waals surface area (Å²) >= 11 is 0. The molecule has 0 radical (unpaired) electrons. The number of para-hydroxylation sites is 1. The molecule has 0 aliphatic carbocycles. The number of fused-ring (bicyclic) bond motifs is 2. The highest BCUT2D eigenvalue weighted by Gasteiger charge is 2.33. The number of anilines is 3. The molecule has 2 aromatic rings. The van der Waals surface area contributed by atoms with Crippen LogP contribution in [0.3, 0.4) is 0 Å². The first-order chi connectivity index (χ1) is 13.6. The number of aryl methyl sites for hydroxylation is 2. The predicted molar refractivity (Wildman–Crippen MR) is 111 cm³/mol. The normalized spacial score (nSPS) is 18.6. The van der Waals surface area contributed by atoms with E-state index in [4.69, 9.17) is 0 Å². The smallest absolute Gasteiger partial charge is 0.322 e. The number of benzene rings is 2. The summed E-state index contributed by atoms with van der Waals surface area (Å²) in [5, 5.41) is 6.47. The highest BCUT2D eigenvalue weighted by Crippen LogP contribution is 2.31. The van der Waals surface area contributed by atoms with Gasteiger partial charge in [0.05, 0.1) is 0 Å².